The number of benzene rings is 2. The van der Waals surface area contributed by atoms with Crippen LogP contribution >= 0.6 is 0 Å². The maximum absolute atomic E-state index is 11.9. The Morgan fingerprint density at radius 3 is 2.41 bits per heavy atom. The Labute approximate surface area is 130 Å². The third-order valence-corrected chi connectivity index (χ3v) is 4.10. The maximum Gasteiger partial charge on any atom is 0.328 e. The SMILES string of the molecule is Cn1c(=O)n(C)c2cc(CNCCc3ccccc3)ccc21. The molecule has 0 aliphatic rings. The molecule has 0 aliphatic carbocycles. The summed E-state index contributed by atoms with van der Waals surface area (Å²) >= 11 is 0. The minimum Gasteiger partial charge on any atom is -0.312 e. The molecule has 22 heavy (non-hydrogen) atoms. The van der Waals surface area contributed by atoms with E-state index in [1.807, 2.05) is 26.2 Å². The second-order valence-electron chi connectivity index (χ2n) is 5.64. The molecule has 0 saturated heterocycles. The average molecular weight is 295 g/mol. The molecule has 0 radical (unpaired) electrons. The quantitative estimate of drug-likeness (QED) is 0.733. The molecule has 0 aliphatic heterocycles. The molecule has 1 heterocycles. The van der Waals surface area contributed by atoms with E-state index in [4.69, 9.17) is 0 Å². The number of nitrogens with one attached hydrogen (secondary N) is 1. The van der Waals surface area contributed by atoms with Gasteiger partial charge in [-0.25, -0.2) is 4.79 Å². The van der Waals surface area contributed by atoms with Gasteiger partial charge in [-0.3, -0.25) is 9.13 Å². The standard InChI is InChI=1S/C18H21N3O/c1-20-16-9-8-15(12-17(16)21(2)18(20)22)13-19-11-10-14-6-4-3-5-7-14/h3-9,12,19H,10-11,13H2,1-2H3. The minimum absolute atomic E-state index is 0.0178. The number of imidazole rings is 1. The number of hydrogen-bond donors (Lipinski definition) is 1. The van der Waals surface area contributed by atoms with E-state index < -0.39 is 0 Å². The van der Waals surface area contributed by atoms with Crippen LogP contribution < -0.4 is 11.0 Å². The zero-order valence-corrected chi connectivity index (χ0v) is 13.0. The molecule has 0 fully saturated rings. The smallest absolute Gasteiger partial charge is 0.312 e. The lowest BCUT2D eigenvalue weighted by atomic mass is 10.1. The molecule has 0 atom stereocenters. The molecule has 4 nitrogen and oxygen atoms in total. The molecule has 0 spiro atoms. The largest absolute Gasteiger partial charge is 0.328 e. The Kier molecular flexibility index (Phi) is 4.11. The van der Waals surface area contributed by atoms with Crippen molar-refractivity contribution in [1.29, 1.82) is 0 Å². The molecular weight excluding hydrogens is 274 g/mol. The van der Waals surface area contributed by atoms with Crippen LogP contribution in [0.2, 0.25) is 0 Å². The van der Waals surface area contributed by atoms with Gasteiger partial charge in [0.15, 0.2) is 0 Å². The van der Waals surface area contributed by atoms with Gasteiger partial charge in [-0.15, -0.1) is 0 Å². The fraction of sp³-hybridized carbons (Fsp3) is 0.278. The normalized spacial score (nSPS) is 11.2. The van der Waals surface area contributed by atoms with Gasteiger partial charge in [-0.1, -0.05) is 36.4 Å². The van der Waals surface area contributed by atoms with E-state index in [0.717, 1.165) is 30.5 Å². The van der Waals surface area contributed by atoms with Crippen molar-refractivity contribution in [1.82, 2.24) is 14.5 Å². The topological polar surface area (TPSA) is 39.0 Å². The second-order valence-corrected chi connectivity index (χ2v) is 5.64. The lowest BCUT2D eigenvalue weighted by Crippen LogP contribution is -2.19. The summed E-state index contributed by atoms with van der Waals surface area (Å²) in [7, 11) is 3.62. The van der Waals surface area contributed by atoms with Gasteiger partial charge in [0, 0.05) is 20.6 Å². The van der Waals surface area contributed by atoms with Crippen LogP contribution in [0.5, 0.6) is 0 Å². The van der Waals surface area contributed by atoms with E-state index >= 15 is 0 Å². The van der Waals surface area contributed by atoms with Crippen LogP contribution in [0, 0.1) is 0 Å². The first-order valence-corrected chi connectivity index (χ1v) is 7.56. The van der Waals surface area contributed by atoms with E-state index in [-0.39, 0.29) is 5.69 Å². The van der Waals surface area contributed by atoms with Crippen molar-refractivity contribution in [2.75, 3.05) is 6.54 Å². The van der Waals surface area contributed by atoms with Crippen molar-refractivity contribution >= 4 is 11.0 Å². The highest BCUT2D eigenvalue weighted by molar-refractivity contribution is 5.76. The Hall–Kier alpha value is -2.33. The summed E-state index contributed by atoms with van der Waals surface area (Å²) in [5.41, 5.74) is 4.51. The molecule has 3 rings (SSSR count). The molecule has 1 aromatic heterocycles. The molecule has 0 saturated carbocycles. The first kappa shape index (κ1) is 14.6. The molecule has 4 heteroatoms. The summed E-state index contributed by atoms with van der Waals surface area (Å²) in [6, 6.07) is 16.7. The Bertz CT molecular complexity index is 831. The lowest BCUT2D eigenvalue weighted by Gasteiger charge is -2.06. The summed E-state index contributed by atoms with van der Waals surface area (Å²) in [6.45, 7) is 1.75. The van der Waals surface area contributed by atoms with Crippen LogP contribution in [0.25, 0.3) is 11.0 Å². The Balaban J connectivity index is 1.65. The predicted octanol–water partition coefficient (Wildman–Crippen LogP) is 2.21. The molecule has 2 aromatic carbocycles. The highest BCUT2D eigenvalue weighted by atomic mass is 16.1. The molecular formula is C18H21N3O. The van der Waals surface area contributed by atoms with Crippen LogP contribution in [-0.4, -0.2) is 15.7 Å². The van der Waals surface area contributed by atoms with Gasteiger partial charge in [0.1, 0.15) is 0 Å². The van der Waals surface area contributed by atoms with Crippen molar-refractivity contribution in [3.8, 4) is 0 Å². The highest BCUT2D eigenvalue weighted by Gasteiger charge is 2.07. The van der Waals surface area contributed by atoms with Crippen molar-refractivity contribution < 1.29 is 0 Å². The number of nitrogens with zero attached hydrogens (tertiary/aromatic N) is 2. The number of rotatable bonds is 5. The van der Waals surface area contributed by atoms with Gasteiger partial charge in [0.25, 0.3) is 0 Å². The predicted molar refractivity (Wildman–Crippen MR) is 90.0 cm³/mol. The summed E-state index contributed by atoms with van der Waals surface area (Å²) in [5.74, 6) is 0. The van der Waals surface area contributed by atoms with Crippen LogP contribution in [0.15, 0.2) is 53.3 Å². The van der Waals surface area contributed by atoms with Crippen molar-refractivity contribution in [3.63, 3.8) is 0 Å². The first-order valence-electron chi connectivity index (χ1n) is 7.56. The minimum atomic E-state index is 0.0178. The van der Waals surface area contributed by atoms with Crippen LogP contribution in [0.1, 0.15) is 11.1 Å². The van der Waals surface area contributed by atoms with E-state index in [0.29, 0.717) is 0 Å². The summed E-state index contributed by atoms with van der Waals surface area (Å²) in [6.07, 6.45) is 1.02. The van der Waals surface area contributed by atoms with Crippen LogP contribution in [0.3, 0.4) is 0 Å². The van der Waals surface area contributed by atoms with E-state index in [9.17, 15) is 4.79 Å². The van der Waals surface area contributed by atoms with Gasteiger partial charge in [0.2, 0.25) is 0 Å². The highest BCUT2D eigenvalue weighted by Crippen LogP contribution is 2.13. The van der Waals surface area contributed by atoms with Crippen molar-refractivity contribution in [2.45, 2.75) is 13.0 Å². The third kappa shape index (κ3) is 2.83. The first-order chi connectivity index (χ1) is 10.7. The molecule has 3 aromatic rings. The van der Waals surface area contributed by atoms with Gasteiger partial charge in [0.05, 0.1) is 11.0 Å². The number of hydrogen-bond acceptors (Lipinski definition) is 2. The molecule has 0 amide bonds. The Morgan fingerprint density at radius 2 is 1.64 bits per heavy atom. The van der Waals surface area contributed by atoms with Gasteiger partial charge in [-0.05, 0) is 36.2 Å². The van der Waals surface area contributed by atoms with Crippen molar-refractivity contribution in [3.05, 3.63) is 70.1 Å². The zero-order chi connectivity index (χ0) is 15.5. The molecule has 1 N–H and O–H groups in total. The summed E-state index contributed by atoms with van der Waals surface area (Å²) in [4.78, 5) is 11.9. The fourth-order valence-electron chi connectivity index (χ4n) is 2.77. The van der Waals surface area contributed by atoms with Gasteiger partial charge >= 0.3 is 5.69 Å². The molecule has 114 valence electrons. The van der Waals surface area contributed by atoms with E-state index in [2.05, 4.69) is 41.7 Å². The van der Waals surface area contributed by atoms with E-state index in [1.165, 1.54) is 11.1 Å². The monoisotopic (exact) mass is 295 g/mol. The average Bonchev–Trinajstić information content (AvgIpc) is 2.77. The molecule has 0 unspecified atom stereocenters. The van der Waals surface area contributed by atoms with E-state index in [1.54, 1.807) is 9.13 Å². The second kappa shape index (κ2) is 6.20. The molecule has 0 bridgehead atoms. The summed E-state index contributed by atoms with van der Waals surface area (Å²) < 4.78 is 3.38. The maximum atomic E-state index is 11.9. The number of aromatic nitrogens is 2. The summed E-state index contributed by atoms with van der Waals surface area (Å²) in [5, 5.41) is 3.46. The van der Waals surface area contributed by atoms with Crippen molar-refractivity contribution in [2.24, 2.45) is 14.1 Å². The third-order valence-electron chi connectivity index (χ3n) is 4.10. The number of aryl methyl sites for hydroxylation is 2. The lowest BCUT2D eigenvalue weighted by molar-refractivity contribution is 0.687. The van der Waals surface area contributed by atoms with Crippen LogP contribution in [0.4, 0.5) is 0 Å². The van der Waals surface area contributed by atoms with Gasteiger partial charge in [-0.2, -0.15) is 0 Å². The van der Waals surface area contributed by atoms with Gasteiger partial charge < -0.3 is 5.32 Å². The number of fused-ring (bicyclic) bond motifs is 1. The Morgan fingerprint density at radius 1 is 0.909 bits per heavy atom. The zero-order valence-electron chi connectivity index (χ0n) is 13.0. The fourth-order valence-corrected chi connectivity index (χ4v) is 2.77. The van der Waals surface area contributed by atoms with Crippen LogP contribution in [-0.2, 0) is 27.1 Å².